The topological polar surface area (TPSA) is 22.1 Å². The minimum absolute atomic E-state index is 0.241. The first kappa shape index (κ1) is 9.15. The first-order valence-electron chi connectivity index (χ1n) is 4.06. The first-order chi connectivity index (χ1) is 6.79. The predicted molar refractivity (Wildman–Crippen MR) is 54.1 cm³/mol. The number of aromatic nitrogens is 1. The van der Waals surface area contributed by atoms with E-state index in [0.29, 0.717) is 5.88 Å². The van der Waals surface area contributed by atoms with Gasteiger partial charge in [0.05, 0.1) is 12.0 Å². The van der Waals surface area contributed by atoms with Crippen molar-refractivity contribution in [3.8, 4) is 16.3 Å². The molecule has 0 spiro atoms. The lowest BCUT2D eigenvalue weighted by molar-refractivity contribution is 0.403. The largest absolute Gasteiger partial charge is 0.480 e. The van der Waals surface area contributed by atoms with E-state index in [2.05, 4.69) is 4.37 Å². The Kier molecular flexibility index (Phi) is 2.45. The standard InChI is InChI=1S/C10H8FNOS/c1-13-10-6-9(14-12-10)7-3-2-4-8(11)5-7/h2-6H,1H3. The lowest BCUT2D eigenvalue weighted by atomic mass is 10.2. The lowest BCUT2D eigenvalue weighted by Gasteiger charge is -1.94. The van der Waals surface area contributed by atoms with Crippen LogP contribution in [0.5, 0.6) is 5.88 Å². The van der Waals surface area contributed by atoms with Gasteiger partial charge in [-0.3, -0.25) is 0 Å². The molecule has 1 heterocycles. The summed E-state index contributed by atoms with van der Waals surface area (Å²) < 4.78 is 21.9. The highest BCUT2D eigenvalue weighted by Gasteiger charge is 2.04. The third-order valence-electron chi connectivity index (χ3n) is 1.81. The van der Waals surface area contributed by atoms with Gasteiger partial charge in [0.25, 0.3) is 0 Å². The van der Waals surface area contributed by atoms with Crippen molar-refractivity contribution in [3.63, 3.8) is 0 Å². The number of hydrogen-bond acceptors (Lipinski definition) is 3. The Hall–Kier alpha value is -1.42. The smallest absolute Gasteiger partial charge is 0.225 e. The predicted octanol–water partition coefficient (Wildman–Crippen LogP) is 2.96. The summed E-state index contributed by atoms with van der Waals surface area (Å²) in [5.41, 5.74) is 0.825. The monoisotopic (exact) mass is 209 g/mol. The normalized spacial score (nSPS) is 10.1. The molecule has 0 aliphatic heterocycles. The second-order valence-corrected chi connectivity index (χ2v) is 3.55. The molecule has 0 atom stereocenters. The summed E-state index contributed by atoms with van der Waals surface area (Å²) in [7, 11) is 1.56. The minimum atomic E-state index is -0.241. The summed E-state index contributed by atoms with van der Waals surface area (Å²) >= 11 is 1.29. The van der Waals surface area contributed by atoms with Gasteiger partial charge in [-0.1, -0.05) is 12.1 Å². The fourth-order valence-electron chi connectivity index (χ4n) is 1.13. The molecule has 0 saturated heterocycles. The van der Waals surface area contributed by atoms with Gasteiger partial charge in [0.2, 0.25) is 5.88 Å². The number of ether oxygens (including phenoxy) is 1. The number of rotatable bonds is 2. The SMILES string of the molecule is COc1cc(-c2cccc(F)c2)sn1. The Morgan fingerprint density at radius 2 is 2.21 bits per heavy atom. The fraction of sp³-hybridized carbons (Fsp3) is 0.100. The third kappa shape index (κ3) is 1.75. The second-order valence-electron chi connectivity index (χ2n) is 2.74. The molecule has 2 aromatic rings. The van der Waals surface area contributed by atoms with Crippen molar-refractivity contribution < 1.29 is 9.13 Å². The van der Waals surface area contributed by atoms with Crippen molar-refractivity contribution in [1.29, 1.82) is 0 Å². The Morgan fingerprint density at radius 3 is 2.86 bits per heavy atom. The summed E-state index contributed by atoms with van der Waals surface area (Å²) in [4.78, 5) is 0.904. The highest BCUT2D eigenvalue weighted by molar-refractivity contribution is 7.09. The molecule has 14 heavy (non-hydrogen) atoms. The van der Waals surface area contributed by atoms with E-state index in [1.165, 1.54) is 23.7 Å². The van der Waals surface area contributed by atoms with E-state index in [0.717, 1.165) is 10.4 Å². The zero-order chi connectivity index (χ0) is 9.97. The summed E-state index contributed by atoms with van der Waals surface area (Å²) in [6.45, 7) is 0. The van der Waals surface area contributed by atoms with Crippen LogP contribution in [0, 0.1) is 5.82 Å². The molecule has 1 aromatic heterocycles. The highest BCUT2D eigenvalue weighted by atomic mass is 32.1. The molecule has 0 amide bonds. The maximum atomic E-state index is 12.9. The van der Waals surface area contributed by atoms with E-state index in [9.17, 15) is 4.39 Å². The van der Waals surface area contributed by atoms with Crippen LogP contribution in [0.4, 0.5) is 4.39 Å². The van der Waals surface area contributed by atoms with Crippen molar-refractivity contribution in [3.05, 3.63) is 36.1 Å². The Labute approximate surface area is 85.1 Å². The molecule has 0 radical (unpaired) electrons. The van der Waals surface area contributed by atoms with Crippen LogP contribution < -0.4 is 4.74 Å². The zero-order valence-electron chi connectivity index (χ0n) is 7.53. The molecule has 2 nitrogen and oxygen atoms in total. The summed E-state index contributed by atoms with van der Waals surface area (Å²) in [6.07, 6.45) is 0. The first-order valence-corrected chi connectivity index (χ1v) is 4.83. The van der Waals surface area contributed by atoms with Gasteiger partial charge in [0, 0.05) is 6.07 Å². The molecule has 0 fully saturated rings. The average molecular weight is 209 g/mol. The van der Waals surface area contributed by atoms with Gasteiger partial charge in [-0.2, -0.15) is 4.37 Å². The van der Waals surface area contributed by atoms with Crippen LogP contribution in [0.1, 0.15) is 0 Å². The number of nitrogens with zero attached hydrogens (tertiary/aromatic N) is 1. The molecule has 72 valence electrons. The number of benzene rings is 1. The van der Waals surface area contributed by atoms with E-state index in [4.69, 9.17) is 4.74 Å². The fourth-order valence-corrected chi connectivity index (χ4v) is 1.83. The molecular formula is C10H8FNOS. The van der Waals surface area contributed by atoms with E-state index < -0.39 is 0 Å². The lowest BCUT2D eigenvalue weighted by Crippen LogP contribution is -1.79. The zero-order valence-corrected chi connectivity index (χ0v) is 8.34. The maximum absolute atomic E-state index is 12.9. The van der Waals surface area contributed by atoms with Crippen molar-refractivity contribution in [2.24, 2.45) is 0 Å². The summed E-state index contributed by atoms with van der Waals surface area (Å²) in [6, 6.07) is 8.21. The summed E-state index contributed by atoms with van der Waals surface area (Å²) in [5, 5.41) is 0. The van der Waals surface area contributed by atoms with Gasteiger partial charge in [-0.25, -0.2) is 4.39 Å². The molecule has 0 N–H and O–H groups in total. The molecule has 0 saturated carbocycles. The molecule has 0 unspecified atom stereocenters. The molecule has 0 bridgehead atoms. The third-order valence-corrected chi connectivity index (χ3v) is 2.63. The maximum Gasteiger partial charge on any atom is 0.225 e. The molecule has 0 aliphatic rings. The molecule has 2 rings (SSSR count). The van der Waals surface area contributed by atoms with Crippen LogP contribution in [0.3, 0.4) is 0 Å². The number of hydrogen-bond donors (Lipinski definition) is 0. The molecule has 0 aliphatic carbocycles. The second kappa shape index (κ2) is 3.75. The average Bonchev–Trinajstić information content (AvgIpc) is 2.66. The Bertz CT molecular complexity index is 441. The van der Waals surface area contributed by atoms with Crippen LogP contribution in [0.15, 0.2) is 30.3 Å². The Morgan fingerprint density at radius 1 is 1.36 bits per heavy atom. The summed E-state index contributed by atoms with van der Waals surface area (Å²) in [5.74, 6) is 0.323. The van der Waals surface area contributed by atoms with Crippen LogP contribution in [0.2, 0.25) is 0 Å². The van der Waals surface area contributed by atoms with Crippen molar-refractivity contribution in [2.75, 3.05) is 7.11 Å². The number of halogens is 1. The van der Waals surface area contributed by atoms with E-state index in [1.807, 2.05) is 6.07 Å². The van der Waals surface area contributed by atoms with Gasteiger partial charge in [-0.15, -0.1) is 0 Å². The minimum Gasteiger partial charge on any atom is -0.480 e. The Balaban J connectivity index is 2.39. The molecule has 1 aromatic carbocycles. The quantitative estimate of drug-likeness (QED) is 0.758. The van der Waals surface area contributed by atoms with Gasteiger partial charge < -0.3 is 4.74 Å². The van der Waals surface area contributed by atoms with Crippen molar-refractivity contribution >= 4 is 11.5 Å². The van der Waals surface area contributed by atoms with Gasteiger partial charge in [-0.05, 0) is 29.2 Å². The number of methoxy groups -OCH3 is 1. The van der Waals surface area contributed by atoms with Gasteiger partial charge in [0.1, 0.15) is 5.82 Å². The van der Waals surface area contributed by atoms with Crippen LogP contribution in [-0.2, 0) is 0 Å². The van der Waals surface area contributed by atoms with Crippen LogP contribution >= 0.6 is 11.5 Å². The van der Waals surface area contributed by atoms with E-state index >= 15 is 0 Å². The van der Waals surface area contributed by atoms with Crippen LogP contribution in [-0.4, -0.2) is 11.5 Å². The van der Waals surface area contributed by atoms with Gasteiger partial charge >= 0.3 is 0 Å². The van der Waals surface area contributed by atoms with Crippen molar-refractivity contribution in [1.82, 2.24) is 4.37 Å². The van der Waals surface area contributed by atoms with E-state index in [-0.39, 0.29) is 5.82 Å². The molecular weight excluding hydrogens is 201 g/mol. The van der Waals surface area contributed by atoms with Crippen LogP contribution in [0.25, 0.3) is 10.4 Å². The van der Waals surface area contributed by atoms with Crippen molar-refractivity contribution in [2.45, 2.75) is 0 Å². The highest BCUT2D eigenvalue weighted by Crippen LogP contribution is 2.27. The van der Waals surface area contributed by atoms with Gasteiger partial charge in [0.15, 0.2) is 0 Å². The van der Waals surface area contributed by atoms with E-state index in [1.54, 1.807) is 19.2 Å². The molecule has 4 heteroatoms.